The van der Waals surface area contributed by atoms with E-state index in [1.807, 2.05) is 6.92 Å². The van der Waals surface area contributed by atoms with Gasteiger partial charge in [0, 0.05) is 10.7 Å². The minimum absolute atomic E-state index is 0.0286. The molecule has 116 valence electrons. The molecular formula is C15H13ClF2N2OS. The van der Waals surface area contributed by atoms with Crippen molar-refractivity contribution in [2.75, 3.05) is 10.6 Å². The van der Waals surface area contributed by atoms with Crippen LogP contribution in [0.2, 0.25) is 5.02 Å². The number of anilines is 2. The quantitative estimate of drug-likeness (QED) is 0.761. The first kappa shape index (κ1) is 16.5. The third-order valence-corrected chi connectivity index (χ3v) is 3.16. The van der Waals surface area contributed by atoms with Gasteiger partial charge < -0.3 is 15.4 Å². The van der Waals surface area contributed by atoms with Gasteiger partial charge in [-0.15, -0.1) is 0 Å². The number of aryl methyl sites for hydroxylation is 1. The van der Waals surface area contributed by atoms with Gasteiger partial charge in [0.25, 0.3) is 0 Å². The highest BCUT2D eigenvalue weighted by molar-refractivity contribution is 7.80. The van der Waals surface area contributed by atoms with Crippen molar-refractivity contribution in [2.45, 2.75) is 13.5 Å². The molecule has 0 saturated heterocycles. The summed E-state index contributed by atoms with van der Waals surface area (Å²) in [7, 11) is 0. The second-order valence-electron chi connectivity index (χ2n) is 4.46. The van der Waals surface area contributed by atoms with Crippen LogP contribution in [0, 0.1) is 6.92 Å². The molecule has 22 heavy (non-hydrogen) atoms. The molecule has 0 amide bonds. The minimum atomic E-state index is -2.90. The summed E-state index contributed by atoms with van der Waals surface area (Å²) in [6, 6.07) is 11.8. The van der Waals surface area contributed by atoms with E-state index in [-0.39, 0.29) is 10.9 Å². The monoisotopic (exact) mass is 342 g/mol. The van der Waals surface area contributed by atoms with Gasteiger partial charge in [-0.25, -0.2) is 0 Å². The maximum atomic E-state index is 12.4. The molecule has 3 nitrogen and oxygen atoms in total. The van der Waals surface area contributed by atoms with Crippen molar-refractivity contribution in [3.8, 4) is 5.75 Å². The lowest BCUT2D eigenvalue weighted by molar-refractivity contribution is -0.0493. The number of halogens is 3. The topological polar surface area (TPSA) is 33.3 Å². The van der Waals surface area contributed by atoms with Gasteiger partial charge in [-0.1, -0.05) is 17.7 Å². The molecule has 0 unspecified atom stereocenters. The SMILES string of the molecule is Cc1ccc(OC(F)F)c(NC(=S)Nc2ccc(Cl)cc2)c1. The fourth-order valence-electron chi connectivity index (χ4n) is 1.76. The van der Waals surface area contributed by atoms with Crippen LogP contribution in [0.15, 0.2) is 42.5 Å². The van der Waals surface area contributed by atoms with Crippen molar-refractivity contribution in [1.82, 2.24) is 0 Å². The number of nitrogens with one attached hydrogen (secondary N) is 2. The number of benzene rings is 2. The van der Waals surface area contributed by atoms with Crippen LogP contribution < -0.4 is 15.4 Å². The van der Waals surface area contributed by atoms with Crippen molar-refractivity contribution in [3.05, 3.63) is 53.1 Å². The number of alkyl halides is 2. The van der Waals surface area contributed by atoms with Gasteiger partial charge in [0.15, 0.2) is 5.11 Å². The summed E-state index contributed by atoms with van der Waals surface area (Å²) in [5.74, 6) is 0.0286. The van der Waals surface area contributed by atoms with E-state index in [9.17, 15) is 8.78 Å². The smallest absolute Gasteiger partial charge is 0.387 e. The van der Waals surface area contributed by atoms with Crippen LogP contribution in [0.1, 0.15) is 5.56 Å². The first-order chi connectivity index (χ1) is 10.4. The Morgan fingerprint density at radius 2 is 1.82 bits per heavy atom. The largest absolute Gasteiger partial charge is 0.433 e. The van der Waals surface area contributed by atoms with E-state index in [2.05, 4.69) is 15.4 Å². The molecule has 0 aliphatic heterocycles. The average molecular weight is 343 g/mol. The molecule has 0 aliphatic carbocycles. The molecule has 2 aromatic rings. The normalized spacial score (nSPS) is 10.4. The minimum Gasteiger partial charge on any atom is -0.433 e. The number of hydrogen-bond acceptors (Lipinski definition) is 2. The van der Waals surface area contributed by atoms with Crippen molar-refractivity contribution < 1.29 is 13.5 Å². The van der Waals surface area contributed by atoms with Gasteiger partial charge in [-0.3, -0.25) is 0 Å². The fraction of sp³-hybridized carbons (Fsp3) is 0.133. The standard InChI is InChI=1S/C15H13ClF2N2OS/c1-9-2-7-13(21-14(17)18)12(8-9)20-15(22)19-11-5-3-10(16)4-6-11/h2-8,14H,1H3,(H2,19,20,22). The van der Waals surface area contributed by atoms with Crippen molar-refractivity contribution in [2.24, 2.45) is 0 Å². The van der Waals surface area contributed by atoms with Crippen LogP contribution in [-0.4, -0.2) is 11.7 Å². The Bertz CT molecular complexity index is 665. The molecule has 2 N–H and O–H groups in total. The Morgan fingerprint density at radius 3 is 2.45 bits per heavy atom. The van der Waals surface area contributed by atoms with E-state index in [1.54, 1.807) is 36.4 Å². The third kappa shape index (κ3) is 4.82. The van der Waals surface area contributed by atoms with Gasteiger partial charge in [-0.05, 0) is 61.1 Å². The number of rotatable bonds is 4. The summed E-state index contributed by atoms with van der Waals surface area (Å²) in [4.78, 5) is 0. The zero-order valence-electron chi connectivity index (χ0n) is 11.6. The molecule has 0 heterocycles. The summed E-state index contributed by atoms with van der Waals surface area (Å²) >= 11 is 11.0. The molecule has 0 atom stereocenters. The van der Waals surface area contributed by atoms with E-state index in [4.69, 9.17) is 23.8 Å². The van der Waals surface area contributed by atoms with Gasteiger partial charge in [0.05, 0.1) is 5.69 Å². The summed E-state index contributed by atoms with van der Waals surface area (Å²) in [6.07, 6.45) is 0. The van der Waals surface area contributed by atoms with Gasteiger partial charge in [-0.2, -0.15) is 8.78 Å². The molecule has 0 radical (unpaired) electrons. The summed E-state index contributed by atoms with van der Waals surface area (Å²) in [5, 5.41) is 6.65. The van der Waals surface area contributed by atoms with E-state index < -0.39 is 6.61 Å². The zero-order chi connectivity index (χ0) is 16.1. The number of hydrogen-bond donors (Lipinski definition) is 2. The molecule has 0 saturated carbocycles. The van der Waals surface area contributed by atoms with E-state index >= 15 is 0 Å². The van der Waals surface area contributed by atoms with Crippen molar-refractivity contribution in [1.29, 1.82) is 0 Å². The first-order valence-electron chi connectivity index (χ1n) is 6.33. The Labute approximate surface area is 137 Å². The Hall–Kier alpha value is -1.92. The van der Waals surface area contributed by atoms with Gasteiger partial charge >= 0.3 is 6.61 Å². The lowest BCUT2D eigenvalue weighted by atomic mass is 10.2. The lowest BCUT2D eigenvalue weighted by Crippen LogP contribution is -2.20. The number of ether oxygens (including phenoxy) is 1. The fourth-order valence-corrected chi connectivity index (χ4v) is 2.11. The summed E-state index contributed by atoms with van der Waals surface area (Å²) < 4.78 is 29.3. The lowest BCUT2D eigenvalue weighted by Gasteiger charge is -2.15. The van der Waals surface area contributed by atoms with Crippen LogP contribution in [0.5, 0.6) is 5.75 Å². The molecule has 7 heteroatoms. The van der Waals surface area contributed by atoms with Gasteiger partial charge in [0.2, 0.25) is 0 Å². The summed E-state index contributed by atoms with van der Waals surface area (Å²) in [6.45, 7) is -1.06. The molecule has 2 aromatic carbocycles. The van der Waals surface area contributed by atoms with E-state index in [0.717, 1.165) is 11.3 Å². The van der Waals surface area contributed by atoms with Crippen LogP contribution in [-0.2, 0) is 0 Å². The highest BCUT2D eigenvalue weighted by Gasteiger charge is 2.11. The zero-order valence-corrected chi connectivity index (χ0v) is 13.1. The molecule has 0 bridgehead atoms. The second-order valence-corrected chi connectivity index (χ2v) is 5.31. The van der Waals surface area contributed by atoms with Crippen molar-refractivity contribution in [3.63, 3.8) is 0 Å². The van der Waals surface area contributed by atoms with Crippen LogP contribution in [0.4, 0.5) is 20.2 Å². The Kier molecular flexibility index (Phi) is 5.51. The third-order valence-electron chi connectivity index (χ3n) is 2.70. The Balaban J connectivity index is 2.10. The molecule has 2 rings (SSSR count). The van der Waals surface area contributed by atoms with Gasteiger partial charge in [0.1, 0.15) is 5.75 Å². The van der Waals surface area contributed by atoms with E-state index in [1.165, 1.54) is 6.07 Å². The first-order valence-corrected chi connectivity index (χ1v) is 7.11. The predicted molar refractivity (Wildman–Crippen MR) is 89.1 cm³/mol. The maximum absolute atomic E-state index is 12.4. The molecule has 0 fully saturated rings. The highest BCUT2D eigenvalue weighted by atomic mass is 35.5. The summed E-state index contributed by atoms with van der Waals surface area (Å²) in [5.41, 5.74) is 1.98. The predicted octanol–water partition coefficient (Wildman–Crippen LogP) is 5.06. The average Bonchev–Trinajstić information content (AvgIpc) is 2.44. The molecule has 0 aromatic heterocycles. The van der Waals surface area contributed by atoms with Crippen LogP contribution >= 0.6 is 23.8 Å². The van der Waals surface area contributed by atoms with Crippen LogP contribution in [0.3, 0.4) is 0 Å². The molecule has 0 aliphatic rings. The Morgan fingerprint density at radius 1 is 1.14 bits per heavy atom. The maximum Gasteiger partial charge on any atom is 0.387 e. The van der Waals surface area contributed by atoms with E-state index in [0.29, 0.717) is 10.7 Å². The van der Waals surface area contributed by atoms with Crippen molar-refractivity contribution >= 4 is 40.3 Å². The molecule has 0 spiro atoms. The van der Waals surface area contributed by atoms with Crippen LogP contribution in [0.25, 0.3) is 0 Å². The highest BCUT2D eigenvalue weighted by Crippen LogP contribution is 2.27. The number of thiocarbonyl (C=S) groups is 1. The second kappa shape index (κ2) is 7.38. The molecular weight excluding hydrogens is 330 g/mol.